The maximum Gasteiger partial charge on any atom is 0.407 e. The zero-order valence-corrected chi connectivity index (χ0v) is 35.7. The molecule has 0 bridgehead atoms. The highest BCUT2D eigenvalue weighted by molar-refractivity contribution is 5.98. The zero-order valence-electron chi connectivity index (χ0n) is 35.7. The molecule has 2 fully saturated rings. The molecule has 16 nitrogen and oxygen atoms in total. The first-order valence-electron chi connectivity index (χ1n) is 21.1. The number of aromatic amines is 2. The summed E-state index contributed by atoms with van der Waals surface area (Å²) >= 11 is 0. The van der Waals surface area contributed by atoms with Gasteiger partial charge < -0.3 is 45.6 Å². The molecule has 6 aromatic rings. The molecule has 4 heterocycles. The molecule has 2 aromatic heterocycles. The molecule has 0 radical (unpaired) electrons. The molecule has 0 spiro atoms. The van der Waals surface area contributed by atoms with Crippen LogP contribution in [0.2, 0.25) is 0 Å². The second-order valence-corrected chi connectivity index (χ2v) is 15.9. The van der Waals surface area contributed by atoms with Gasteiger partial charge in [-0.05, 0) is 54.9 Å². The number of carbonyl (C=O) groups is 5. The Kier molecular flexibility index (Phi) is 12.3. The van der Waals surface area contributed by atoms with E-state index in [4.69, 9.17) is 25.2 Å². The zero-order chi connectivity index (χ0) is 45.0. The van der Waals surface area contributed by atoms with Gasteiger partial charge in [0, 0.05) is 31.3 Å². The summed E-state index contributed by atoms with van der Waals surface area (Å²) in [6, 6.07) is 31.9. The molecule has 8 rings (SSSR count). The number of nitrogens with one attached hydrogen (secondary N) is 4. The van der Waals surface area contributed by atoms with Crippen LogP contribution in [0.4, 0.5) is 9.59 Å². The van der Waals surface area contributed by atoms with Gasteiger partial charge in [0.15, 0.2) is 0 Å². The highest BCUT2D eigenvalue weighted by Gasteiger charge is 2.46. The third-order valence-corrected chi connectivity index (χ3v) is 12.0. The lowest BCUT2D eigenvalue weighted by Crippen LogP contribution is -2.48. The van der Waals surface area contributed by atoms with Gasteiger partial charge in [-0.3, -0.25) is 14.4 Å². The second-order valence-electron chi connectivity index (χ2n) is 15.9. The largest absolute Gasteiger partial charge is 0.453 e. The Labute approximate surface area is 369 Å². The predicted octanol–water partition coefficient (Wildman–Crippen LogP) is 6.93. The van der Waals surface area contributed by atoms with Gasteiger partial charge in [0.1, 0.15) is 29.1 Å². The van der Waals surface area contributed by atoms with Crippen LogP contribution >= 0.6 is 0 Å². The Balaban J connectivity index is 0.988. The maximum absolute atomic E-state index is 14.2. The number of benzene rings is 4. The van der Waals surface area contributed by atoms with E-state index >= 15 is 0 Å². The highest BCUT2D eigenvalue weighted by Crippen LogP contribution is 2.39. The second kappa shape index (κ2) is 18.3. The standard InChI is InChI=1S/C48H49N9O7/c1-48(64-46(49)61,34-14-8-5-9-15-34)45(60)57-27-11-17-37(57)42-53-38(40(54-42)43(58)50-2)33-24-20-30(21-25-33)29-18-22-31(23-19-29)35-28-51-41(52-35)36-16-10-26-56(36)44(59)39(55-47(62)63-3)32-12-6-4-7-13-32/h4-9,12-15,18-25,28,36-37,39H,10-11,16-17,26-27H2,1-3H3,(H2,49,61)(H,50,58)(H,51,52)(H,53,54)(H,55,62)/t36?,37-,39?,48+/m0/s1. The number of nitrogens with two attached hydrogens (primary N) is 1. The van der Waals surface area contributed by atoms with Crippen molar-refractivity contribution in [1.82, 2.24) is 40.4 Å². The molecule has 6 N–H and O–H groups in total. The fraction of sp³-hybridized carbons (Fsp3) is 0.271. The van der Waals surface area contributed by atoms with Crippen LogP contribution < -0.4 is 16.4 Å². The van der Waals surface area contributed by atoms with Crippen molar-refractivity contribution >= 4 is 29.9 Å². The quantitative estimate of drug-likeness (QED) is 0.0861. The summed E-state index contributed by atoms with van der Waals surface area (Å²) in [5.74, 6) is 0.0566. The van der Waals surface area contributed by atoms with Crippen molar-refractivity contribution in [2.45, 2.75) is 56.3 Å². The van der Waals surface area contributed by atoms with Crippen molar-refractivity contribution < 1.29 is 33.4 Å². The number of H-pyrrole nitrogens is 2. The Hall–Kier alpha value is -7.75. The first-order chi connectivity index (χ1) is 31.0. The van der Waals surface area contributed by atoms with E-state index in [1.54, 1.807) is 65.5 Å². The molecule has 0 aliphatic carbocycles. The fourth-order valence-corrected chi connectivity index (χ4v) is 8.71. The van der Waals surface area contributed by atoms with Crippen LogP contribution in [-0.4, -0.2) is 86.9 Å². The Morgan fingerprint density at radius 3 is 1.95 bits per heavy atom. The van der Waals surface area contributed by atoms with Gasteiger partial charge in [0.2, 0.25) is 5.60 Å². The van der Waals surface area contributed by atoms with E-state index in [1.165, 1.54) is 14.0 Å². The van der Waals surface area contributed by atoms with E-state index in [1.807, 2.05) is 66.7 Å². The lowest BCUT2D eigenvalue weighted by molar-refractivity contribution is -0.151. The number of aromatic nitrogens is 4. The van der Waals surface area contributed by atoms with Gasteiger partial charge >= 0.3 is 12.2 Å². The summed E-state index contributed by atoms with van der Waals surface area (Å²) in [5, 5.41) is 5.39. The molecule has 2 saturated heterocycles. The van der Waals surface area contributed by atoms with E-state index < -0.39 is 35.8 Å². The summed E-state index contributed by atoms with van der Waals surface area (Å²) in [6.45, 7) is 2.45. The number of imidazole rings is 2. The van der Waals surface area contributed by atoms with Crippen LogP contribution in [0.1, 0.15) is 84.0 Å². The molecule has 5 amide bonds. The molecule has 2 aliphatic rings. The van der Waals surface area contributed by atoms with Crippen LogP contribution in [0.5, 0.6) is 0 Å². The van der Waals surface area contributed by atoms with Gasteiger partial charge in [0.05, 0.1) is 31.1 Å². The van der Waals surface area contributed by atoms with Crippen molar-refractivity contribution in [3.63, 3.8) is 0 Å². The van der Waals surface area contributed by atoms with Crippen LogP contribution in [0.3, 0.4) is 0 Å². The number of nitrogens with zero attached hydrogens (tertiary/aromatic N) is 4. The molecule has 4 atom stereocenters. The number of ether oxygens (including phenoxy) is 2. The summed E-state index contributed by atoms with van der Waals surface area (Å²) in [7, 11) is 2.81. The molecular formula is C48H49N9O7. The number of alkyl carbamates (subject to hydrolysis) is 1. The lowest BCUT2D eigenvalue weighted by atomic mass is 9.93. The normalized spacial score (nSPS) is 17.3. The van der Waals surface area contributed by atoms with Crippen molar-refractivity contribution in [2.24, 2.45) is 5.73 Å². The third kappa shape index (κ3) is 8.54. The number of amides is 5. The molecule has 0 saturated carbocycles. The highest BCUT2D eigenvalue weighted by atomic mass is 16.6. The third-order valence-electron chi connectivity index (χ3n) is 12.0. The van der Waals surface area contributed by atoms with E-state index in [9.17, 15) is 24.0 Å². The van der Waals surface area contributed by atoms with Gasteiger partial charge in [-0.25, -0.2) is 19.6 Å². The maximum atomic E-state index is 14.2. The average molecular weight is 864 g/mol. The number of hydrogen-bond acceptors (Lipinski definition) is 9. The van der Waals surface area contributed by atoms with E-state index in [-0.39, 0.29) is 23.6 Å². The first-order valence-corrected chi connectivity index (χ1v) is 21.1. The minimum atomic E-state index is -1.68. The van der Waals surface area contributed by atoms with Crippen molar-refractivity contribution in [3.05, 3.63) is 144 Å². The molecule has 328 valence electrons. The SMILES string of the molecule is CNC(=O)c1[nH]c([C@@H]2CCCN2C(=O)[C@](C)(OC(N)=O)c2ccccc2)nc1-c1ccc(-c2ccc(-c3cnc(C4CCCN4C(=O)C(NC(=O)OC)c4ccccc4)[nH]3)cc2)cc1. The fourth-order valence-electron chi connectivity index (χ4n) is 8.71. The van der Waals surface area contributed by atoms with Crippen molar-refractivity contribution in [2.75, 3.05) is 27.2 Å². The Morgan fingerprint density at radius 1 is 0.766 bits per heavy atom. The van der Waals surface area contributed by atoms with Crippen molar-refractivity contribution in [3.8, 4) is 33.6 Å². The molecule has 4 aromatic carbocycles. The summed E-state index contributed by atoms with van der Waals surface area (Å²) in [4.78, 5) is 85.3. The number of primary amides is 1. The van der Waals surface area contributed by atoms with Gasteiger partial charge in [-0.2, -0.15) is 0 Å². The van der Waals surface area contributed by atoms with E-state index in [0.717, 1.165) is 35.2 Å². The molecule has 64 heavy (non-hydrogen) atoms. The number of methoxy groups -OCH3 is 1. The van der Waals surface area contributed by atoms with Crippen LogP contribution in [-0.2, 0) is 24.7 Å². The molecule has 16 heteroatoms. The minimum Gasteiger partial charge on any atom is -0.453 e. The summed E-state index contributed by atoms with van der Waals surface area (Å²) < 4.78 is 10.3. The lowest BCUT2D eigenvalue weighted by Gasteiger charge is -2.34. The van der Waals surface area contributed by atoms with E-state index in [2.05, 4.69) is 20.6 Å². The first kappa shape index (κ1) is 42.9. The Bertz CT molecular complexity index is 2650. The van der Waals surface area contributed by atoms with E-state index in [0.29, 0.717) is 60.0 Å². The topological polar surface area (TPSA) is 218 Å². The van der Waals surface area contributed by atoms with Crippen LogP contribution in [0.15, 0.2) is 115 Å². The number of hydrogen-bond donors (Lipinski definition) is 5. The smallest absolute Gasteiger partial charge is 0.407 e. The number of likely N-dealkylation sites (tertiary alicyclic amines) is 2. The van der Waals surface area contributed by atoms with Crippen LogP contribution in [0.25, 0.3) is 33.6 Å². The number of carbonyl (C=O) groups excluding carboxylic acids is 5. The van der Waals surface area contributed by atoms with Gasteiger partial charge in [-0.15, -0.1) is 0 Å². The van der Waals surface area contributed by atoms with Crippen LogP contribution in [0, 0.1) is 0 Å². The van der Waals surface area contributed by atoms with Gasteiger partial charge in [-0.1, -0.05) is 109 Å². The molecular weight excluding hydrogens is 815 g/mol. The predicted molar refractivity (Wildman–Crippen MR) is 237 cm³/mol. The average Bonchev–Trinajstić information content (AvgIpc) is 4.18. The molecule has 2 unspecified atom stereocenters. The summed E-state index contributed by atoms with van der Waals surface area (Å²) in [5.41, 5.74) is 9.91. The van der Waals surface area contributed by atoms with Gasteiger partial charge in [0.25, 0.3) is 17.7 Å². The summed E-state index contributed by atoms with van der Waals surface area (Å²) in [6.07, 6.45) is 2.76. The minimum absolute atomic E-state index is 0.238. The monoisotopic (exact) mass is 863 g/mol. The van der Waals surface area contributed by atoms with Crippen molar-refractivity contribution in [1.29, 1.82) is 0 Å². The Morgan fingerprint density at radius 2 is 1.34 bits per heavy atom. The molecule has 2 aliphatic heterocycles. The number of rotatable bonds is 12.